The predicted octanol–water partition coefficient (Wildman–Crippen LogP) is 2.22. The SMILES string of the molecule is O=C(Nc1nc2ccccc2nc1Cl)c1cccc(=O)[nH]1. The van der Waals surface area contributed by atoms with Crippen molar-refractivity contribution in [3.8, 4) is 0 Å². The molecule has 0 unspecified atom stereocenters. The van der Waals surface area contributed by atoms with Crippen molar-refractivity contribution in [2.75, 3.05) is 5.32 Å². The molecule has 0 bridgehead atoms. The fraction of sp³-hybridized carbons (Fsp3) is 0. The van der Waals surface area contributed by atoms with Gasteiger partial charge in [-0.05, 0) is 18.2 Å². The van der Waals surface area contributed by atoms with Crippen LogP contribution in [-0.4, -0.2) is 20.9 Å². The number of carbonyl (C=O) groups is 1. The van der Waals surface area contributed by atoms with Gasteiger partial charge in [-0.25, -0.2) is 9.97 Å². The van der Waals surface area contributed by atoms with E-state index in [9.17, 15) is 9.59 Å². The monoisotopic (exact) mass is 300 g/mol. The van der Waals surface area contributed by atoms with E-state index in [2.05, 4.69) is 20.3 Å². The van der Waals surface area contributed by atoms with Crippen molar-refractivity contribution in [2.45, 2.75) is 0 Å². The second-order valence-electron chi connectivity index (χ2n) is 4.23. The Hall–Kier alpha value is -2.73. The Kier molecular flexibility index (Phi) is 3.37. The number of pyridine rings is 1. The minimum Gasteiger partial charge on any atom is -0.318 e. The summed E-state index contributed by atoms with van der Waals surface area (Å²) in [4.78, 5) is 34.1. The molecule has 2 aromatic heterocycles. The molecule has 21 heavy (non-hydrogen) atoms. The van der Waals surface area contributed by atoms with Gasteiger partial charge in [0, 0.05) is 6.07 Å². The van der Waals surface area contributed by atoms with E-state index in [0.29, 0.717) is 11.0 Å². The van der Waals surface area contributed by atoms with Crippen molar-refractivity contribution in [3.63, 3.8) is 0 Å². The van der Waals surface area contributed by atoms with Gasteiger partial charge in [0.15, 0.2) is 11.0 Å². The molecule has 1 amide bonds. The van der Waals surface area contributed by atoms with Crippen LogP contribution in [0.5, 0.6) is 0 Å². The van der Waals surface area contributed by atoms with Gasteiger partial charge in [0.1, 0.15) is 5.69 Å². The van der Waals surface area contributed by atoms with Crippen LogP contribution in [0.2, 0.25) is 5.15 Å². The minimum absolute atomic E-state index is 0.0836. The summed E-state index contributed by atoms with van der Waals surface area (Å²) in [5, 5.41) is 2.61. The number of amides is 1. The Morgan fingerprint density at radius 2 is 1.76 bits per heavy atom. The average Bonchev–Trinajstić information content (AvgIpc) is 2.48. The number of fused-ring (bicyclic) bond motifs is 1. The van der Waals surface area contributed by atoms with Crippen LogP contribution in [0.1, 0.15) is 10.5 Å². The highest BCUT2D eigenvalue weighted by molar-refractivity contribution is 6.32. The van der Waals surface area contributed by atoms with Crippen molar-refractivity contribution in [1.82, 2.24) is 15.0 Å². The van der Waals surface area contributed by atoms with Gasteiger partial charge in [0.2, 0.25) is 5.56 Å². The molecule has 0 atom stereocenters. The summed E-state index contributed by atoms with van der Waals surface area (Å²) < 4.78 is 0. The molecule has 0 fully saturated rings. The second kappa shape index (κ2) is 5.34. The maximum absolute atomic E-state index is 12.0. The molecule has 2 N–H and O–H groups in total. The van der Waals surface area contributed by atoms with E-state index in [-0.39, 0.29) is 22.2 Å². The Labute approximate surface area is 123 Å². The number of nitrogens with zero attached hydrogens (tertiary/aromatic N) is 2. The Bertz CT molecular complexity index is 891. The van der Waals surface area contributed by atoms with Gasteiger partial charge in [-0.1, -0.05) is 29.8 Å². The molecular weight excluding hydrogens is 292 g/mol. The summed E-state index contributed by atoms with van der Waals surface area (Å²) in [6.07, 6.45) is 0. The molecule has 6 nitrogen and oxygen atoms in total. The van der Waals surface area contributed by atoms with Crippen LogP contribution >= 0.6 is 11.6 Å². The lowest BCUT2D eigenvalue weighted by Crippen LogP contribution is -2.18. The summed E-state index contributed by atoms with van der Waals surface area (Å²) in [5.41, 5.74) is 0.999. The van der Waals surface area contributed by atoms with Gasteiger partial charge < -0.3 is 10.3 Å². The molecule has 2 heterocycles. The minimum atomic E-state index is -0.515. The molecule has 0 radical (unpaired) electrons. The van der Waals surface area contributed by atoms with Crippen LogP contribution < -0.4 is 10.9 Å². The topological polar surface area (TPSA) is 87.7 Å². The summed E-state index contributed by atoms with van der Waals surface area (Å²) in [6.45, 7) is 0. The molecule has 104 valence electrons. The largest absolute Gasteiger partial charge is 0.318 e. The number of para-hydroxylation sites is 2. The number of aromatic amines is 1. The van der Waals surface area contributed by atoms with Crippen LogP contribution in [-0.2, 0) is 0 Å². The zero-order chi connectivity index (χ0) is 14.8. The lowest BCUT2D eigenvalue weighted by atomic mass is 10.3. The normalized spacial score (nSPS) is 10.5. The summed E-state index contributed by atoms with van der Waals surface area (Å²) in [6, 6.07) is 11.5. The Balaban J connectivity index is 1.96. The van der Waals surface area contributed by atoms with Crippen molar-refractivity contribution in [3.05, 3.63) is 63.7 Å². The van der Waals surface area contributed by atoms with E-state index in [4.69, 9.17) is 11.6 Å². The van der Waals surface area contributed by atoms with E-state index >= 15 is 0 Å². The first-order valence-electron chi connectivity index (χ1n) is 6.06. The van der Waals surface area contributed by atoms with Crippen molar-refractivity contribution >= 4 is 34.4 Å². The number of aromatic nitrogens is 3. The zero-order valence-corrected chi connectivity index (χ0v) is 11.4. The Morgan fingerprint density at radius 1 is 1.05 bits per heavy atom. The number of halogens is 1. The van der Waals surface area contributed by atoms with E-state index in [0.717, 1.165) is 0 Å². The smallest absolute Gasteiger partial charge is 0.273 e. The standard InChI is InChI=1S/C14H9ClN4O2/c15-12-13(18-9-5-2-1-4-8(9)17-12)19-14(21)10-6-3-7-11(20)16-10/h1-7H,(H,16,20)(H,18,19,21). The average molecular weight is 301 g/mol. The van der Waals surface area contributed by atoms with E-state index < -0.39 is 5.91 Å². The van der Waals surface area contributed by atoms with Gasteiger partial charge in [-0.2, -0.15) is 0 Å². The summed E-state index contributed by atoms with van der Waals surface area (Å²) in [7, 11) is 0. The maximum Gasteiger partial charge on any atom is 0.273 e. The third-order valence-corrected chi connectivity index (χ3v) is 3.04. The third-order valence-electron chi connectivity index (χ3n) is 2.77. The third kappa shape index (κ3) is 2.75. The van der Waals surface area contributed by atoms with Crippen molar-refractivity contribution < 1.29 is 4.79 Å². The number of hydrogen-bond donors (Lipinski definition) is 2. The lowest BCUT2D eigenvalue weighted by molar-refractivity contribution is 0.102. The van der Waals surface area contributed by atoms with Crippen LogP contribution in [0.15, 0.2) is 47.3 Å². The number of hydrogen-bond acceptors (Lipinski definition) is 4. The van der Waals surface area contributed by atoms with Crippen molar-refractivity contribution in [2.24, 2.45) is 0 Å². The first kappa shape index (κ1) is 13.3. The van der Waals surface area contributed by atoms with Gasteiger partial charge in [-0.3, -0.25) is 9.59 Å². The molecule has 0 saturated carbocycles. The molecule has 0 aliphatic heterocycles. The highest BCUT2D eigenvalue weighted by atomic mass is 35.5. The molecule has 0 aliphatic carbocycles. The number of carbonyl (C=O) groups excluding carboxylic acids is 1. The maximum atomic E-state index is 12.0. The molecule has 0 saturated heterocycles. The lowest BCUT2D eigenvalue weighted by Gasteiger charge is -2.07. The van der Waals surface area contributed by atoms with E-state index in [1.807, 2.05) is 12.1 Å². The van der Waals surface area contributed by atoms with E-state index in [1.54, 1.807) is 12.1 Å². The molecule has 3 aromatic rings. The van der Waals surface area contributed by atoms with E-state index in [1.165, 1.54) is 18.2 Å². The fourth-order valence-electron chi connectivity index (χ4n) is 1.81. The fourth-order valence-corrected chi connectivity index (χ4v) is 1.99. The number of benzene rings is 1. The number of nitrogens with one attached hydrogen (secondary N) is 2. The van der Waals surface area contributed by atoms with Gasteiger partial charge >= 0.3 is 0 Å². The van der Waals surface area contributed by atoms with Crippen LogP contribution in [0.4, 0.5) is 5.82 Å². The van der Waals surface area contributed by atoms with Gasteiger partial charge in [0.25, 0.3) is 5.91 Å². The first-order valence-corrected chi connectivity index (χ1v) is 6.44. The predicted molar refractivity (Wildman–Crippen MR) is 79.6 cm³/mol. The Morgan fingerprint density at radius 3 is 2.48 bits per heavy atom. The van der Waals surface area contributed by atoms with Crippen LogP contribution in [0.3, 0.4) is 0 Å². The molecule has 3 rings (SSSR count). The molecule has 1 aromatic carbocycles. The quantitative estimate of drug-likeness (QED) is 0.759. The first-order chi connectivity index (χ1) is 10.1. The molecule has 7 heteroatoms. The van der Waals surface area contributed by atoms with Crippen LogP contribution in [0, 0.1) is 0 Å². The zero-order valence-electron chi connectivity index (χ0n) is 10.6. The van der Waals surface area contributed by atoms with Gasteiger partial charge in [-0.15, -0.1) is 0 Å². The highest BCUT2D eigenvalue weighted by Gasteiger charge is 2.12. The summed E-state index contributed by atoms with van der Waals surface area (Å²) in [5.74, 6) is -0.371. The highest BCUT2D eigenvalue weighted by Crippen LogP contribution is 2.21. The molecule has 0 aliphatic rings. The second-order valence-corrected chi connectivity index (χ2v) is 4.59. The number of anilines is 1. The summed E-state index contributed by atoms with van der Waals surface area (Å²) >= 11 is 6.01. The molecule has 0 spiro atoms. The van der Waals surface area contributed by atoms with Crippen molar-refractivity contribution in [1.29, 1.82) is 0 Å². The van der Waals surface area contributed by atoms with Crippen LogP contribution in [0.25, 0.3) is 11.0 Å². The molecular formula is C14H9ClN4O2. The number of H-pyrrole nitrogens is 1. The van der Waals surface area contributed by atoms with Gasteiger partial charge in [0.05, 0.1) is 11.0 Å². The number of rotatable bonds is 2.